The summed E-state index contributed by atoms with van der Waals surface area (Å²) >= 11 is 0. The van der Waals surface area contributed by atoms with Crippen molar-refractivity contribution in [1.82, 2.24) is 9.88 Å². The van der Waals surface area contributed by atoms with E-state index in [9.17, 15) is 4.79 Å². The third kappa shape index (κ3) is 3.94. The zero-order chi connectivity index (χ0) is 15.2. The minimum absolute atomic E-state index is 0.0403. The number of nitrogens with one attached hydrogen (secondary N) is 1. The molecule has 1 aliphatic rings. The molecule has 0 spiro atoms. The van der Waals surface area contributed by atoms with Gasteiger partial charge in [-0.1, -0.05) is 13.8 Å². The first-order valence-electron chi connectivity index (χ1n) is 7.67. The number of methoxy groups -OCH3 is 1. The van der Waals surface area contributed by atoms with E-state index in [0.717, 1.165) is 31.7 Å². The fourth-order valence-electron chi connectivity index (χ4n) is 2.59. The van der Waals surface area contributed by atoms with E-state index in [0.29, 0.717) is 18.0 Å². The number of ether oxygens (including phenoxy) is 1. The lowest BCUT2D eigenvalue weighted by molar-refractivity contribution is -0.00157. The zero-order valence-corrected chi connectivity index (χ0v) is 13.1. The molecule has 1 saturated heterocycles. The molecule has 116 valence electrons. The Kier molecular flexibility index (Phi) is 5.56. The molecule has 21 heavy (non-hydrogen) atoms. The Bertz CT molecular complexity index is 461. The molecule has 0 saturated carbocycles. The quantitative estimate of drug-likeness (QED) is 0.905. The number of anilines is 1. The molecule has 1 N–H and O–H groups in total. The second-order valence-electron chi connectivity index (χ2n) is 5.65. The summed E-state index contributed by atoms with van der Waals surface area (Å²) in [6, 6.07) is 3.70. The van der Waals surface area contributed by atoms with E-state index in [2.05, 4.69) is 24.1 Å². The normalized spacial score (nSPS) is 22.1. The molecule has 0 aliphatic carbocycles. The highest BCUT2D eigenvalue weighted by atomic mass is 16.5. The van der Waals surface area contributed by atoms with Crippen molar-refractivity contribution in [2.75, 3.05) is 32.1 Å². The van der Waals surface area contributed by atoms with E-state index in [4.69, 9.17) is 4.74 Å². The van der Waals surface area contributed by atoms with Crippen molar-refractivity contribution in [2.45, 2.75) is 32.8 Å². The Hall–Kier alpha value is -1.62. The Morgan fingerprint density at radius 2 is 2.33 bits per heavy atom. The summed E-state index contributed by atoms with van der Waals surface area (Å²) in [5.41, 5.74) is 0.640. The Morgan fingerprint density at radius 3 is 2.95 bits per heavy atom. The maximum Gasteiger partial charge on any atom is 0.255 e. The van der Waals surface area contributed by atoms with Gasteiger partial charge in [0.05, 0.1) is 11.7 Å². The number of aromatic nitrogens is 1. The van der Waals surface area contributed by atoms with E-state index >= 15 is 0 Å². The fraction of sp³-hybridized carbons (Fsp3) is 0.625. The monoisotopic (exact) mass is 291 g/mol. The maximum atomic E-state index is 12.5. The van der Waals surface area contributed by atoms with Crippen LogP contribution >= 0.6 is 0 Å². The van der Waals surface area contributed by atoms with Crippen LogP contribution in [0.25, 0.3) is 0 Å². The van der Waals surface area contributed by atoms with Gasteiger partial charge < -0.3 is 15.0 Å². The summed E-state index contributed by atoms with van der Waals surface area (Å²) < 4.78 is 5.46. The molecule has 2 atom stereocenters. The molecule has 0 radical (unpaired) electrons. The smallest absolute Gasteiger partial charge is 0.255 e. The van der Waals surface area contributed by atoms with Crippen LogP contribution in [-0.4, -0.2) is 48.6 Å². The number of amides is 1. The highest BCUT2D eigenvalue weighted by Gasteiger charge is 2.29. The number of likely N-dealkylation sites (tertiary alicyclic amines) is 1. The average Bonchev–Trinajstić information content (AvgIpc) is 2.53. The van der Waals surface area contributed by atoms with Crippen LogP contribution in [0.15, 0.2) is 18.3 Å². The van der Waals surface area contributed by atoms with Crippen LogP contribution in [0.4, 0.5) is 5.82 Å². The van der Waals surface area contributed by atoms with Crippen molar-refractivity contribution in [3.8, 4) is 0 Å². The van der Waals surface area contributed by atoms with Gasteiger partial charge in [-0.3, -0.25) is 4.79 Å². The van der Waals surface area contributed by atoms with Crippen molar-refractivity contribution in [1.29, 1.82) is 0 Å². The first-order chi connectivity index (χ1) is 10.2. The molecule has 0 aromatic carbocycles. The number of piperidine rings is 1. The molecule has 1 aromatic heterocycles. The lowest BCUT2D eigenvalue weighted by Gasteiger charge is -2.36. The number of rotatable bonds is 5. The minimum atomic E-state index is 0.0403. The second-order valence-corrected chi connectivity index (χ2v) is 5.65. The summed E-state index contributed by atoms with van der Waals surface area (Å²) in [5.74, 6) is 1.35. The Labute approximate surface area is 126 Å². The summed E-state index contributed by atoms with van der Waals surface area (Å²) in [6.45, 7) is 6.61. The first-order valence-corrected chi connectivity index (χ1v) is 7.67. The first kappa shape index (κ1) is 15.8. The number of nitrogens with zero attached hydrogens (tertiary/aromatic N) is 2. The number of hydrogen-bond donors (Lipinski definition) is 1. The van der Waals surface area contributed by atoms with Gasteiger partial charge in [-0.25, -0.2) is 4.98 Å². The van der Waals surface area contributed by atoms with Crippen LogP contribution in [0.2, 0.25) is 0 Å². The Balaban J connectivity index is 1.99. The van der Waals surface area contributed by atoms with Gasteiger partial charge in [-0.2, -0.15) is 0 Å². The lowest BCUT2D eigenvalue weighted by Crippen LogP contribution is -2.46. The van der Waals surface area contributed by atoms with Crippen molar-refractivity contribution < 1.29 is 9.53 Å². The van der Waals surface area contributed by atoms with Gasteiger partial charge in [-0.15, -0.1) is 0 Å². The molecular weight excluding hydrogens is 266 g/mol. The molecule has 0 bridgehead atoms. The van der Waals surface area contributed by atoms with E-state index in [-0.39, 0.29) is 12.0 Å². The third-order valence-electron chi connectivity index (χ3n) is 4.05. The van der Waals surface area contributed by atoms with Gasteiger partial charge in [-0.05, 0) is 30.9 Å². The second kappa shape index (κ2) is 7.41. The molecular formula is C16H25N3O2. The van der Waals surface area contributed by atoms with Gasteiger partial charge in [0.2, 0.25) is 0 Å². The van der Waals surface area contributed by atoms with Gasteiger partial charge in [0.25, 0.3) is 5.91 Å². The largest absolute Gasteiger partial charge is 0.379 e. The SMILES string of the molecule is CCCNc1ccc(C(=O)N2CCC(C)C(OC)C2)cn1. The average molecular weight is 291 g/mol. The number of carbonyl (C=O) groups excluding carboxylic acids is 1. The van der Waals surface area contributed by atoms with Crippen LogP contribution in [0.1, 0.15) is 37.0 Å². The molecule has 1 amide bonds. The zero-order valence-electron chi connectivity index (χ0n) is 13.1. The van der Waals surface area contributed by atoms with Crippen molar-refractivity contribution in [2.24, 2.45) is 5.92 Å². The summed E-state index contributed by atoms with van der Waals surface area (Å²) in [4.78, 5) is 18.7. The van der Waals surface area contributed by atoms with Crippen molar-refractivity contribution in [3.05, 3.63) is 23.9 Å². The molecule has 5 heteroatoms. The van der Waals surface area contributed by atoms with Crippen LogP contribution in [0, 0.1) is 5.92 Å². The van der Waals surface area contributed by atoms with Crippen LogP contribution in [0.3, 0.4) is 0 Å². The van der Waals surface area contributed by atoms with Crippen molar-refractivity contribution in [3.63, 3.8) is 0 Å². The summed E-state index contributed by atoms with van der Waals surface area (Å²) in [5, 5.41) is 3.21. The molecule has 1 aromatic rings. The fourth-order valence-corrected chi connectivity index (χ4v) is 2.59. The van der Waals surface area contributed by atoms with Gasteiger partial charge in [0.1, 0.15) is 5.82 Å². The van der Waals surface area contributed by atoms with Crippen LogP contribution < -0.4 is 5.32 Å². The molecule has 2 rings (SSSR count). The lowest BCUT2D eigenvalue weighted by atomic mass is 9.95. The summed E-state index contributed by atoms with van der Waals surface area (Å²) in [7, 11) is 1.71. The van der Waals surface area contributed by atoms with Crippen LogP contribution in [-0.2, 0) is 4.74 Å². The van der Waals surface area contributed by atoms with Crippen LogP contribution in [0.5, 0.6) is 0 Å². The molecule has 1 fully saturated rings. The molecule has 2 unspecified atom stereocenters. The number of pyridine rings is 1. The Morgan fingerprint density at radius 1 is 1.52 bits per heavy atom. The minimum Gasteiger partial charge on any atom is -0.379 e. The highest BCUT2D eigenvalue weighted by Crippen LogP contribution is 2.21. The molecule has 2 heterocycles. The predicted octanol–water partition coefficient (Wildman–Crippen LogP) is 2.40. The molecule has 1 aliphatic heterocycles. The van der Waals surface area contributed by atoms with Crippen molar-refractivity contribution >= 4 is 11.7 Å². The highest BCUT2D eigenvalue weighted by molar-refractivity contribution is 5.94. The van der Waals surface area contributed by atoms with Gasteiger partial charge >= 0.3 is 0 Å². The standard InChI is InChI=1S/C16H25N3O2/c1-4-8-17-15-6-5-13(10-18-15)16(20)19-9-7-12(2)14(11-19)21-3/h5-6,10,12,14H,4,7-9,11H2,1-3H3,(H,17,18). The third-order valence-corrected chi connectivity index (χ3v) is 4.05. The number of hydrogen-bond acceptors (Lipinski definition) is 4. The summed E-state index contributed by atoms with van der Waals surface area (Å²) in [6.07, 6.45) is 3.81. The molecule has 5 nitrogen and oxygen atoms in total. The van der Waals surface area contributed by atoms with E-state index < -0.39 is 0 Å². The van der Waals surface area contributed by atoms with Gasteiger partial charge in [0.15, 0.2) is 0 Å². The van der Waals surface area contributed by atoms with E-state index in [1.54, 1.807) is 13.3 Å². The predicted molar refractivity (Wildman–Crippen MR) is 83.5 cm³/mol. The maximum absolute atomic E-state index is 12.5. The van der Waals surface area contributed by atoms with Gasteiger partial charge in [0, 0.05) is 32.9 Å². The van der Waals surface area contributed by atoms with E-state index in [1.165, 1.54) is 0 Å². The number of carbonyl (C=O) groups is 1. The van der Waals surface area contributed by atoms with E-state index in [1.807, 2.05) is 17.0 Å². The topological polar surface area (TPSA) is 54.5 Å².